The SMILES string of the molecule is COc1ccc(C2=NN(c3c(F)c(F)c(Cl)c(F)c3F)C(C#N)C2)cc1. The van der Waals surface area contributed by atoms with E-state index in [-0.39, 0.29) is 6.42 Å². The summed E-state index contributed by atoms with van der Waals surface area (Å²) in [5.41, 5.74) is -0.197. The minimum absolute atomic E-state index is 0.00751. The number of methoxy groups -OCH3 is 1. The molecule has 9 heteroatoms. The highest BCUT2D eigenvalue weighted by Crippen LogP contribution is 2.37. The number of hydrazone groups is 1. The molecule has 0 amide bonds. The molecule has 4 nitrogen and oxygen atoms in total. The van der Waals surface area contributed by atoms with Crippen LogP contribution in [-0.4, -0.2) is 18.9 Å². The zero-order chi connectivity index (χ0) is 19.0. The highest BCUT2D eigenvalue weighted by atomic mass is 35.5. The van der Waals surface area contributed by atoms with Gasteiger partial charge in [-0.05, 0) is 29.8 Å². The van der Waals surface area contributed by atoms with Gasteiger partial charge >= 0.3 is 0 Å². The molecule has 0 aliphatic carbocycles. The van der Waals surface area contributed by atoms with Crippen molar-refractivity contribution in [3.63, 3.8) is 0 Å². The first kappa shape index (κ1) is 18.0. The quantitative estimate of drug-likeness (QED) is 0.448. The Bertz CT molecular complexity index is 911. The predicted octanol–water partition coefficient (Wildman–Crippen LogP) is 4.41. The largest absolute Gasteiger partial charge is 0.497 e. The maximum Gasteiger partial charge on any atom is 0.188 e. The van der Waals surface area contributed by atoms with Crippen LogP contribution in [0.4, 0.5) is 23.2 Å². The fourth-order valence-electron chi connectivity index (χ4n) is 2.57. The zero-order valence-electron chi connectivity index (χ0n) is 13.2. The standard InChI is InChI=1S/C17H10ClF4N3O/c1-26-10-4-2-8(3-5-10)11-6-9(7-23)25(24-11)17-15(21)13(19)12(18)14(20)16(17)22/h2-5,9H,6H2,1H3. The molecule has 1 unspecified atom stereocenters. The van der Waals surface area contributed by atoms with E-state index in [2.05, 4.69) is 5.10 Å². The van der Waals surface area contributed by atoms with Gasteiger partial charge in [-0.15, -0.1) is 0 Å². The molecule has 3 rings (SSSR count). The minimum Gasteiger partial charge on any atom is -0.497 e. The Morgan fingerprint density at radius 2 is 1.69 bits per heavy atom. The molecule has 0 radical (unpaired) electrons. The van der Waals surface area contributed by atoms with Crippen LogP contribution in [-0.2, 0) is 0 Å². The summed E-state index contributed by atoms with van der Waals surface area (Å²) in [6.45, 7) is 0. The van der Waals surface area contributed by atoms with Crippen molar-refractivity contribution in [1.29, 1.82) is 5.26 Å². The molecule has 1 heterocycles. The first-order chi connectivity index (χ1) is 12.4. The third-order valence-electron chi connectivity index (χ3n) is 3.90. The van der Waals surface area contributed by atoms with Crippen molar-refractivity contribution in [1.82, 2.24) is 0 Å². The number of benzene rings is 2. The van der Waals surface area contributed by atoms with Gasteiger partial charge in [-0.25, -0.2) is 22.6 Å². The van der Waals surface area contributed by atoms with Crippen molar-refractivity contribution in [3.8, 4) is 11.8 Å². The Balaban J connectivity index is 2.09. The predicted molar refractivity (Wildman–Crippen MR) is 87.3 cm³/mol. The monoisotopic (exact) mass is 383 g/mol. The first-order valence-electron chi connectivity index (χ1n) is 7.31. The lowest BCUT2D eigenvalue weighted by atomic mass is 10.0. The Labute approximate surface area is 150 Å². The molecule has 0 fully saturated rings. The first-order valence-corrected chi connectivity index (χ1v) is 7.69. The highest BCUT2D eigenvalue weighted by Gasteiger charge is 2.36. The maximum atomic E-state index is 14.2. The van der Waals surface area contributed by atoms with E-state index in [1.807, 2.05) is 6.07 Å². The summed E-state index contributed by atoms with van der Waals surface area (Å²) < 4.78 is 60.9. The minimum atomic E-state index is -1.75. The van der Waals surface area contributed by atoms with E-state index in [1.54, 1.807) is 24.3 Å². The van der Waals surface area contributed by atoms with E-state index >= 15 is 0 Å². The molecule has 0 saturated heterocycles. The summed E-state index contributed by atoms with van der Waals surface area (Å²) in [6, 6.07) is 7.25. The van der Waals surface area contributed by atoms with E-state index in [9.17, 15) is 22.8 Å². The second kappa shape index (κ2) is 6.84. The van der Waals surface area contributed by atoms with Crippen molar-refractivity contribution < 1.29 is 22.3 Å². The molecule has 1 aliphatic rings. The van der Waals surface area contributed by atoms with E-state index < -0.39 is 40.0 Å². The van der Waals surface area contributed by atoms with Gasteiger partial charge in [-0.2, -0.15) is 10.4 Å². The number of nitrogens with zero attached hydrogens (tertiary/aromatic N) is 3. The average molecular weight is 384 g/mol. The second-order valence-electron chi connectivity index (χ2n) is 5.39. The van der Waals surface area contributed by atoms with Crippen molar-refractivity contribution in [2.75, 3.05) is 12.1 Å². The molecule has 0 bridgehead atoms. The van der Waals surface area contributed by atoms with Gasteiger partial charge in [0.2, 0.25) is 0 Å². The normalized spacial score (nSPS) is 16.4. The number of nitriles is 1. The van der Waals surface area contributed by atoms with Crippen molar-refractivity contribution in [3.05, 3.63) is 58.1 Å². The molecular weight excluding hydrogens is 374 g/mol. The topological polar surface area (TPSA) is 48.6 Å². The molecule has 1 atom stereocenters. The highest BCUT2D eigenvalue weighted by molar-refractivity contribution is 6.31. The molecule has 2 aromatic carbocycles. The number of hydrogen-bond donors (Lipinski definition) is 0. The Kier molecular flexibility index (Phi) is 4.74. The number of hydrogen-bond acceptors (Lipinski definition) is 4. The molecule has 1 aliphatic heterocycles. The van der Waals surface area contributed by atoms with Crippen molar-refractivity contribution in [2.24, 2.45) is 5.10 Å². The van der Waals surface area contributed by atoms with Gasteiger partial charge in [0, 0.05) is 6.42 Å². The lowest BCUT2D eigenvalue weighted by Crippen LogP contribution is -2.27. The molecule has 0 N–H and O–H groups in total. The molecule has 134 valence electrons. The van der Waals surface area contributed by atoms with Gasteiger partial charge in [0.05, 0.1) is 18.9 Å². The van der Waals surface area contributed by atoms with Gasteiger partial charge in [-0.3, -0.25) is 0 Å². The number of ether oxygens (including phenoxy) is 1. The van der Waals surface area contributed by atoms with Crippen LogP contribution in [0.2, 0.25) is 5.02 Å². The van der Waals surface area contributed by atoms with Gasteiger partial charge in [0.1, 0.15) is 22.5 Å². The van der Waals surface area contributed by atoms with E-state index in [1.165, 1.54) is 7.11 Å². The van der Waals surface area contributed by atoms with Crippen LogP contribution in [0, 0.1) is 34.6 Å². The van der Waals surface area contributed by atoms with Crippen LogP contribution >= 0.6 is 11.6 Å². The lowest BCUT2D eigenvalue weighted by molar-refractivity contribution is 0.415. The van der Waals surface area contributed by atoms with Gasteiger partial charge < -0.3 is 4.74 Å². The molecule has 0 saturated carbocycles. The van der Waals surface area contributed by atoms with Crippen molar-refractivity contribution in [2.45, 2.75) is 12.5 Å². The number of anilines is 1. The van der Waals surface area contributed by atoms with Crippen LogP contribution in [0.5, 0.6) is 5.75 Å². The summed E-state index contributed by atoms with van der Waals surface area (Å²) in [5, 5.41) is 12.6. The molecule has 2 aromatic rings. The summed E-state index contributed by atoms with van der Waals surface area (Å²) >= 11 is 5.23. The summed E-state index contributed by atoms with van der Waals surface area (Å²) in [5.74, 6) is -6.33. The smallest absolute Gasteiger partial charge is 0.188 e. The van der Waals surface area contributed by atoms with Crippen LogP contribution < -0.4 is 9.75 Å². The summed E-state index contributed by atoms with van der Waals surface area (Å²) in [6.07, 6.45) is 0.00751. The van der Waals surface area contributed by atoms with Crippen LogP contribution in [0.15, 0.2) is 29.4 Å². The van der Waals surface area contributed by atoms with Gasteiger partial charge in [-0.1, -0.05) is 11.6 Å². The number of halogens is 5. The Hall–Kier alpha value is -2.79. The fourth-order valence-corrected chi connectivity index (χ4v) is 2.74. The van der Waals surface area contributed by atoms with Crippen LogP contribution in [0.3, 0.4) is 0 Å². The van der Waals surface area contributed by atoms with Gasteiger partial charge in [0.25, 0.3) is 0 Å². The molecule has 0 aromatic heterocycles. The Morgan fingerprint density at radius 3 is 2.19 bits per heavy atom. The summed E-state index contributed by atoms with van der Waals surface area (Å²) in [4.78, 5) is 0. The zero-order valence-corrected chi connectivity index (χ0v) is 14.0. The number of rotatable bonds is 3. The summed E-state index contributed by atoms with van der Waals surface area (Å²) in [7, 11) is 1.49. The lowest BCUT2D eigenvalue weighted by Gasteiger charge is -2.20. The second-order valence-corrected chi connectivity index (χ2v) is 5.77. The van der Waals surface area contributed by atoms with E-state index in [0.717, 1.165) is 0 Å². The molecule has 0 spiro atoms. The maximum absolute atomic E-state index is 14.2. The third kappa shape index (κ3) is 2.84. The molecular formula is C17H10ClF4N3O. The molecule has 26 heavy (non-hydrogen) atoms. The van der Waals surface area contributed by atoms with E-state index in [4.69, 9.17) is 16.3 Å². The Morgan fingerprint density at radius 1 is 1.12 bits per heavy atom. The fraction of sp³-hybridized carbons (Fsp3) is 0.176. The van der Waals surface area contributed by atoms with Gasteiger partial charge in [0.15, 0.2) is 23.3 Å². The van der Waals surface area contributed by atoms with Crippen molar-refractivity contribution >= 4 is 23.0 Å². The third-order valence-corrected chi connectivity index (χ3v) is 4.23. The van der Waals surface area contributed by atoms with Crippen LogP contribution in [0.1, 0.15) is 12.0 Å². The van der Waals surface area contributed by atoms with E-state index in [0.29, 0.717) is 22.0 Å². The average Bonchev–Trinajstić information content (AvgIpc) is 3.09. The van der Waals surface area contributed by atoms with Crippen LogP contribution in [0.25, 0.3) is 0 Å².